The Balaban J connectivity index is 1.67. The Kier molecular flexibility index (Phi) is 4.46. The fourth-order valence-electron chi connectivity index (χ4n) is 3.40. The third kappa shape index (κ3) is 3.37. The summed E-state index contributed by atoms with van der Waals surface area (Å²) in [6.45, 7) is 7.89. The highest BCUT2D eigenvalue weighted by Crippen LogP contribution is 2.39. The van der Waals surface area contributed by atoms with Crippen molar-refractivity contribution in [1.29, 1.82) is 0 Å². The van der Waals surface area contributed by atoms with Gasteiger partial charge in [-0.3, -0.25) is 0 Å². The summed E-state index contributed by atoms with van der Waals surface area (Å²) in [6, 6.07) is 7.34. The number of benzene rings is 1. The number of hydrogen-bond acceptors (Lipinski definition) is 2. The summed E-state index contributed by atoms with van der Waals surface area (Å²) < 4.78 is 0. The molecule has 1 aromatic rings. The molecule has 0 spiro atoms. The van der Waals surface area contributed by atoms with Crippen LogP contribution in [-0.2, 0) is 6.54 Å². The second-order valence-electron chi connectivity index (χ2n) is 6.81. The highest BCUT2D eigenvalue weighted by Gasteiger charge is 2.35. The minimum atomic E-state index is 0.513. The molecule has 1 saturated heterocycles. The molecule has 1 heterocycles. The third-order valence-electron chi connectivity index (χ3n) is 5.50. The molecule has 0 bridgehead atoms. The Morgan fingerprint density at radius 1 is 1.29 bits per heavy atom. The van der Waals surface area contributed by atoms with Gasteiger partial charge in [0.1, 0.15) is 0 Å². The second-order valence-corrected chi connectivity index (χ2v) is 7.22. The van der Waals surface area contributed by atoms with Gasteiger partial charge in [0.05, 0.1) is 0 Å². The summed E-state index contributed by atoms with van der Waals surface area (Å²) in [7, 11) is 0. The number of anilines is 1. The van der Waals surface area contributed by atoms with Crippen molar-refractivity contribution in [3.05, 3.63) is 28.8 Å². The molecule has 2 nitrogen and oxygen atoms in total. The zero-order valence-electron chi connectivity index (χ0n) is 13.3. The fourth-order valence-corrected chi connectivity index (χ4v) is 3.64. The van der Waals surface area contributed by atoms with E-state index in [4.69, 9.17) is 11.6 Å². The summed E-state index contributed by atoms with van der Waals surface area (Å²) in [5, 5.41) is 4.44. The maximum absolute atomic E-state index is 6.48. The molecule has 1 N–H and O–H groups in total. The molecule has 3 heteroatoms. The standard InChI is InChI=1S/C18H27ClN2/c1-3-18(4-2)9-10-21(13-18)16-8-5-14(17(19)11-16)12-20-15-6-7-15/h5,8,11,15,20H,3-4,6-7,9-10,12-13H2,1-2H3. The van der Waals surface area contributed by atoms with E-state index < -0.39 is 0 Å². The zero-order valence-corrected chi connectivity index (χ0v) is 14.0. The highest BCUT2D eigenvalue weighted by atomic mass is 35.5. The van der Waals surface area contributed by atoms with Gasteiger partial charge in [-0.2, -0.15) is 0 Å². The van der Waals surface area contributed by atoms with Gasteiger partial charge in [0.2, 0.25) is 0 Å². The van der Waals surface area contributed by atoms with Gasteiger partial charge < -0.3 is 10.2 Å². The average molecular weight is 307 g/mol. The average Bonchev–Trinajstić information content (AvgIpc) is 3.23. The molecule has 1 aliphatic carbocycles. The molecule has 21 heavy (non-hydrogen) atoms. The van der Waals surface area contributed by atoms with Crippen LogP contribution >= 0.6 is 11.6 Å². The van der Waals surface area contributed by atoms with Crippen molar-refractivity contribution in [2.75, 3.05) is 18.0 Å². The van der Waals surface area contributed by atoms with Gasteiger partial charge in [0.15, 0.2) is 0 Å². The highest BCUT2D eigenvalue weighted by molar-refractivity contribution is 6.31. The van der Waals surface area contributed by atoms with Gasteiger partial charge in [-0.05, 0) is 55.2 Å². The van der Waals surface area contributed by atoms with E-state index in [2.05, 4.69) is 42.3 Å². The van der Waals surface area contributed by atoms with E-state index in [1.807, 2.05) is 0 Å². The minimum Gasteiger partial charge on any atom is -0.371 e. The number of hydrogen-bond donors (Lipinski definition) is 1. The van der Waals surface area contributed by atoms with Crippen molar-refractivity contribution in [2.45, 2.75) is 58.5 Å². The monoisotopic (exact) mass is 306 g/mol. The predicted molar refractivity (Wildman–Crippen MR) is 91.2 cm³/mol. The molecule has 3 rings (SSSR count). The molecule has 2 fully saturated rings. The lowest BCUT2D eigenvalue weighted by molar-refractivity contribution is 0.301. The van der Waals surface area contributed by atoms with Crippen LogP contribution in [0.2, 0.25) is 5.02 Å². The number of halogens is 1. The minimum absolute atomic E-state index is 0.513. The zero-order chi connectivity index (χ0) is 14.9. The first-order valence-corrected chi connectivity index (χ1v) is 8.80. The molecule has 2 aliphatic rings. The van der Waals surface area contributed by atoms with Crippen LogP contribution in [0.25, 0.3) is 0 Å². The van der Waals surface area contributed by atoms with E-state index in [0.29, 0.717) is 5.41 Å². The molecule has 0 radical (unpaired) electrons. The van der Waals surface area contributed by atoms with Crippen LogP contribution < -0.4 is 10.2 Å². The molecule has 1 aliphatic heterocycles. The number of nitrogens with zero attached hydrogens (tertiary/aromatic N) is 1. The van der Waals surface area contributed by atoms with E-state index in [0.717, 1.165) is 24.2 Å². The molecule has 116 valence electrons. The SMILES string of the molecule is CCC1(CC)CCN(c2ccc(CNC3CC3)c(Cl)c2)C1. The first-order chi connectivity index (χ1) is 10.2. The summed E-state index contributed by atoms with van der Waals surface area (Å²) in [5.41, 5.74) is 3.03. The third-order valence-corrected chi connectivity index (χ3v) is 5.85. The lowest BCUT2D eigenvalue weighted by Gasteiger charge is -2.27. The topological polar surface area (TPSA) is 15.3 Å². The summed E-state index contributed by atoms with van der Waals surface area (Å²) in [4.78, 5) is 2.51. The van der Waals surface area contributed by atoms with Crippen LogP contribution in [0.1, 0.15) is 51.5 Å². The molecular formula is C18H27ClN2. The van der Waals surface area contributed by atoms with Crippen LogP contribution in [0.3, 0.4) is 0 Å². The Hall–Kier alpha value is -0.730. The van der Waals surface area contributed by atoms with Gasteiger partial charge in [-0.1, -0.05) is 31.5 Å². The number of nitrogens with one attached hydrogen (secondary N) is 1. The summed E-state index contributed by atoms with van der Waals surface area (Å²) >= 11 is 6.48. The van der Waals surface area contributed by atoms with E-state index in [9.17, 15) is 0 Å². The lowest BCUT2D eigenvalue weighted by atomic mass is 9.82. The summed E-state index contributed by atoms with van der Waals surface area (Å²) in [6.07, 6.45) is 6.50. The molecule has 0 unspecified atom stereocenters. The van der Waals surface area contributed by atoms with Crippen LogP contribution in [0.15, 0.2) is 18.2 Å². The van der Waals surface area contributed by atoms with Gasteiger partial charge >= 0.3 is 0 Å². The van der Waals surface area contributed by atoms with Crippen LogP contribution in [0.5, 0.6) is 0 Å². The van der Waals surface area contributed by atoms with Gasteiger partial charge in [0, 0.05) is 36.4 Å². The van der Waals surface area contributed by atoms with Crippen LogP contribution in [0, 0.1) is 5.41 Å². The van der Waals surface area contributed by atoms with Gasteiger partial charge in [-0.25, -0.2) is 0 Å². The van der Waals surface area contributed by atoms with Crippen molar-refractivity contribution >= 4 is 17.3 Å². The first-order valence-electron chi connectivity index (χ1n) is 8.42. The Bertz CT molecular complexity index is 492. The van der Waals surface area contributed by atoms with Crippen molar-refractivity contribution in [2.24, 2.45) is 5.41 Å². The number of rotatable bonds is 6. The molecule has 0 amide bonds. The summed E-state index contributed by atoms with van der Waals surface area (Å²) in [5.74, 6) is 0. The molecule has 1 aromatic carbocycles. The Labute approximate surface area is 133 Å². The van der Waals surface area contributed by atoms with Crippen molar-refractivity contribution in [3.63, 3.8) is 0 Å². The second kappa shape index (κ2) is 6.18. The van der Waals surface area contributed by atoms with Crippen molar-refractivity contribution in [1.82, 2.24) is 5.32 Å². The quantitative estimate of drug-likeness (QED) is 0.825. The van der Waals surface area contributed by atoms with Crippen molar-refractivity contribution in [3.8, 4) is 0 Å². The smallest absolute Gasteiger partial charge is 0.0471 e. The molecular weight excluding hydrogens is 280 g/mol. The normalized spacial score (nSPS) is 21.0. The van der Waals surface area contributed by atoms with E-state index in [-0.39, 0.29) is 0 Å². The van der Waals surface area contributed by atoms with E-state index >= 15 is 0 Å². The van der Waals surface area contributed by atoms with Crippen LogP contribution in [-0.4, -0.2) is 19.1 Å². The predicted octanol–water partition coefficient (Wildman–Crippen LogP) is 4.61. The van der Waals surface area contributed by atoms with Gasteiger partial charge in [0.25, 0.3) is 0 Å². The van der Waals surface area contributed by atoms with Crippen LogP contribution in [0.4, 0.5) is 5.69 Å². The molecule has 0 atom stereocenters. The molecule has 1 saturated carbocycles. The largest absolute Gasteiger partial charge is 0.371 e. The Morgan fingerprint density at radius 3 is 2.62 bits per heavy atom. The van der Waals surface area contributed by atoms with Crippen molar-refractivity contribution < 1.29 is 0 Å². The maximum Gasteiger partial charge on any atom is 0.0471 e. The lowest BCUT2D eigenvalue weighted by Crippen LogP contribution is -2.26. The fraction of sp³-hybridized carbons (Fsp3) is 0.667. The molecule has 0 aromatic heterocycles. The maximum atomic E-state index is 6.48. The van der Waals surface area contributed by atoms with E-state index in [1.165, 1.54) is 49.9 Å². The first kappa shape index (κ1) is 15.2. The van der Waals surface area contributed by atoms with E-state index in [1.54, 1.807) is 0 Å². The Morgan fingerprint density at radius 2 is 2.05 bits per heavy atom. The van der Waals surface area contributed by atoms with Gasteiger partial charge in [-0.15, -0.1) is 0 Å².